The first-order chi connectivity index (χ1) is 8.90. The summed E-state index contributed by atoms with van der Waals surface area (Å²) in [7, 11) is 0. The van der Waals surface area contributed by atoms with E-state index in [4.69, 9.17) is 0 Å². The van der Waals surface area contributed by atoms with Crippen molar-refractivity contribution >= 4 is 0 Å². The molecule has 3 atom stereocenters. The average Bonchev–Trinajstić information content (AvgIpc) is 3.18. The van der Waals surface area contributed by atoms with Crippen LogP contribution in [-0.2, 0) is 0 Å². The van der Waals surface area contributed by atoms with E-state index in [1.54, 1.807) is 0 Å². The molecule has 0 radical (unpaired) electrons. The molecule has 2 nitrogen and oxygen atoms in total. The summed E-state index contributed by atoms with van der Waals surface area (Å²) in [5.74, 6) is 1.79. The third-order valence-corrected chi connectivity index (χ3v) is 5.14. The van der Waals surface area contributed by atoms with Crippen molar-refractivity contribution in [2.75, 3.05) is 19.6 Å². The van der Waals surface area contributed by atoms with Crippen molar-refractivity contribution in [3.05, 3.63) is 0 Å². The van der Waals surface area contributed by atoms with Gasteiger partial charge in [0.05, 0.1) is 0 Å². The van der Waals surface area contributed by atoms with Crippen LogP contribution in [-0.4, -0.2) is 36.6 Å². The van der Waals surface area contributed by atoms with Gasteiger partial charge in [0, 0.05) is 25.2 Å². The Morgan fingerprint density at radius 2 is 1.95 bits per heavy atom. The van der Waals surface area contributed by atoms with Gasteiger partial charge in [0.2, 0.25) is 0 Å². The van der Waals surface area contributed by atoms with Gasteiger partial charge < -0.3 is 5.32 Å². The molecule has 112 valence electrons. The van der Waals surface area contributed by atoms with Crippen molar-refractivity contribution in [2.45, 2.75) is 72.4 Å². The molecule has 0 aromatic carbocycles. The topological polar surface area (TPSA) is 15.3 Å². The Morgan fingerprint density at radius 1 is 1.26 bits per heavy atom. The fourth-order valence-corrected chi connectivity index (χ4v) is 3.20. The van der Waals surface area contributed by atoms with Crippen LogP contribution in [0.15, 0.2) is 0 Å². The lowest BCUT2D eigenvalue weighted by Gasteiger charge is -2.43. The second-order valence-electron chi connectivity index (χ2n) is 8.11. The van der Waals surface area contributed by atoms with Gasteiger partial charge in [-0.2, -0.15) is 0 Å². The normalized spacial score (nSPS) is 31.4. The maximum Gasteiger partial charge on any atom is 0.0249 e. The summed E-state index contributed by atoms with van der Waals surface area (Å²) >= 11 is 0. The molecule has 0 amide bonds. The highest BCUT2D eigenvalue weighted by Crippen LogP contribution is 2.37. The molecule has 1 aliphatic heterocycles. The van der Waals surface area contributed by atoms with Gasteiger partial charge in [-0.25, -0.2) is 0 Å². The predicted molar refractivity (Wildman–Crippen MR) is 83.4 cm³/mol. The molecule has 2 rings (SSSR count). The second-order valence-corrected chi connectivity index (χ2v) is 8.11. The molecule has 1 saturated carbocycles. The summed E-state index contributed by atoms with van der Waals surface area (Å²) < 4.78 is 0. The monoisotopic (exact) mass is 266 g/mol. The van der Waals surface area contributed by atoms with Crippen molar-refractivity contribution in [3.8, 4) is 0 Å². The van der Waals surface area contributed by atoms with Gasteiger partial charge in [-0.1, -0.05) is 41.0 Å². The van der Waals surface area contributed by atoms with Crippen LogP contribution in [0.1, 0.15) is 60.3 Å². The Morgan fingerprint density at radius 3 is 2.47 bits per heavy atom. The molecular weight excluding hydrogens is 232 g/mol. The van der Waals surface area contributed by atoms with E-state index >= 15 is 0 Å². The van der Waals surface area contributed by atoms with Gasteiger partial charge in [0.25, 0.3) is 0 Å². The molecule has 2 aliphatic rings. The Bertz CT molecular complexity index is 277. The minimum absolute atomic E-state index is 0.463. The van der Waals surface area contributed by atoms with Crippen molar-refractivity contribution in [2.24, 2.45) is 17.3 Å². The molecule has 0 spiro atoms. The van der Waals surface area contributed by atoms with Crippen molar-refractivity contribution in [1.29, 1.82) is 0 Å². The number of hydrogen-bond acceptors (Lipinski definition) is 2. The van der Waals surface area contributed by atoms with Gasteiger partial charge in [-0.15, -0.1) is 0 Å². The molecule has 1 saturated heterocycles. The average molecular weight is 266 g/mol. The maximum atomic E-state index is 3.83. The van der Waals surface area contributed by atoms with Crippen LogP contribution in [0.2, 0.25) is 0 Å². The molecule has 2 fully saturated rings. The molecule has 1 heterocycles. The zero-order valence-corrected chi connectivity index (χ0v) is 13.7. The third-order valence-electron chi connectivity index (χ3n) is 5.14. The molecular formula is C17H34N2. The van der Waals surface area contributed by atoms with E-state index in [0.717, 1.165) is 17.9 Å². The summed E-state index contributed by atoms with van der Waals surface area (Å²) in [4.78, 5) is 2.82. The van der Waals surface area contributed by atoms with Gasteiger partial charge >= 0.3 is 0 Å². The van der Waals surface area contributed by atoms with Crippen LogP contribution >= 0.6 is 0 Å². The molecule has 0 bridgehead atoms. The number of nitrogens with one attached hydrogen (secondary N) is 1. The first-order valence-corrected chi connectivity index (χ1v) is 8.38. The molecule has 3 unspecified atom stereocenters. The highest BCUT2D eigenvalue weighted by molar-refractivity contribution is 4.96. The van der Waals surface area contributed by atoms with E-state index in [9.17, 15) is 0 Å². The smallest absolute Gasteiger partial charge is 0.0249 e. The lowest BCUT2D eigenvalue weighted by Crippen LogP contribution is -2.59. The Labute approximate surface area is 120 Å². The highest BCUT2D eigenvalue weighted by atomic mass is 15.2. The first-order valence-electron chi connectivity index (χ1n) is 8.38. The highest BCUT2D eigenvalue weighted by Gasteiger charge is 2.39. The summed E-state index contributed by atoms with van der Waals surface area (Å²) in [6, 6.07) is 1.53. The van der Waals surface area contributed by atoms with Gasteiger partial charge in [0.15, 0.2) is 0 Å². The van der Waals surface area contributed by atoms with Crippen molar-refractivity contribution < 1.29 is 0 Å². The van der Waals surface area contributed by atoms with Crippen molar-refractivity contribution in [3.63, 3.8) is 0 Å². The molecule has 2 heteroatoms. The standard InChI is InChI=1S/C17H34N2/c1-6-13(2)15-12-19(10-9-17(3,4)5)16(11-18-15)14-7-8-14/h13-16,18H,6-12H2,1-5H3. The minimum Gasteiger partial charge on any atom is -0.311 e. The molecule has 0 aromatic heterocycles. The van der Waals surface area contributed by atoms with Gasteiger partial charge in [0.1, 0.15) is 0 Å². The molecule has 19 heavy (non-hydrogen) atoms. The molecule has 1 N–H and O–H groups in total. The van der Waals surface area contributed by atoms with E-state index in [1.165, 1.54) is 45.3 Å². The number of rotatable bonds is 5. The predicted octanol–water partition coefficient (Wildman–Crippen LogP) is 3.52. The zero-order valence-electron chi connectivity index (χ0n) is 13.7. The van der Waals surface area contributed by atoms with Gasteiger partial charge in [-0.05, 0) is 43.1 Å². The summed E-state index contributed by atoms with van der Waals surface area (Å²) in [5, 5.41) is 3.83. The van der Waals surface area contributed by atoms with Crippen LogP contribution in [0, 0.1) is 17.3 Å². The van der Waals surface area contributed by atoms with E-state index in [2.05, 4.69) is 44.8 Å². The van der Waals surface area contributed by atoms with E-state index in [0.29, 0.717) is 11.5 Å². The molecule has 1 aliphatic carbocycles. The number of hydrogen-bond donors (Lipinski definition) is 1. The SMILES string of the molecule is CCC(C)C1CN(CCC(C)(C)C)C(C2CC2)CN1. The van der Waals surface area contributed by atoms with Gasteiger partial charge in [-0.3, -0.25) is 4.90 Å². The fourth-order valence-electron chi connectivity index (χ4n) is 3.20. The third kappa shape index (κ3) is 4.46. The van der Waals surface area contributed by atoms with Crippen LogP contribution in [0.25, 0.3) is 0 Å². The maximum absolute atomic E-state index is 3.83. The summed E-state index contributed by atoms with van der Waals surface area (Å²) in [6.45, 7) is 15.6. The lowest BCUT2D eigenvalue weighted by atomic mass is 9.90. The Balaban J connectivity index is 1.92. The number of nitrogens with zero attached hydrogens (tertiary/aromatic N) is 1. The minimum atomic E-state index is 0.463. The Hall–Kier alpha value is -0.0800. The fraction of sp³-hybridized carbons (Fsp3) is 1.00. The van der Waals surface area contributed by atoms with Crippen LogP contribution in [0.3, 0.4) is 0 Å². The van der Waals surface area contributed by atoms with E-state index in [1.807, 2.05) is 0 Å². The summed E-state index contributed by atoms with van der Waals surface area (Å²) in [5.41, 5.74) is 0.463. The summed E-state index contributed by atoms with van der Waals surface area (Å²) in [6.07, 6.45) is 5.54. The lowest BCUT2D eigenvalue weighted by molar-refractivity contribution is 0.0846. The Kier molecular flexibility index (Phi) is 4.94. The molecule has 0 aromatic rings. The van der Waals surface area contributed by atoms with Crippen LogP contribution in [0.4, 0.5) is 0 Å². The second kappa shape index (κ2) is 6.13. The number of piperazine rings is 1. The van der Waals surface area contributed by atoms with Crippen LogP contribution in [0.5, 0.6) is 0 Å². The van der Waals surface area contributed by atoms with E-state index in [-0.39, 0.29) is 0 Å². The quantitative estimate of drug-likeness (QED) is 0.819. The van der Waals surface area contributed by atoms with Crippen LogP contribution < -0.4 is 5.32 Å². The van der Waals surface area contributed by atoms with Crippen molar-refractivity contribution in [1.82, 2.24) is 10.2 Å². The van der Waals surface area contributed by atoms with E-state index < -0.39 is 0 Å². The largest absolute Gasteiger partial charge is 0.311 e. The first kappa shape index (κ1) is 15.3. The zero-order chi connectivity index (χ0) is 14.0.